The van der Waals surface area contributed by atoms with E-state index in [1.165, 1.54) is 0 Å². The molecule has 94 valence electrons. The van der Waals surface area contributed by atoms with Gasteiger partial charge in [0.15, 0.2) is 0 Å². The molecule has 0 rings (SSSR count). The third-order valence-corrected chi connectivity index (χ3v) is 2.58. The average molecular weight is 229 g/mol. The van der Waals surface area contributed by atoms with Gasteiger partial charge in [-0.2, -0.15) is 0 Å². The summed E-state index contributed by atoms with van der Waals surface area (Å²) in [5, 5.41) is 11.0. The van der Waals surface area contributed by atoms with Gasteiger partial charge in [-0.3, -0.25) is 4.79 Å². The van der Waals surface area contributed by atoms with Crippen molar-refractivity contribution in [3.63, 3.8) is 0 Å². The van der Waals surface area contributed by atoms with Crippen LogP contribution in [0.3, 0.4) is 0 Å². The maximum Gasteiger partial charge on any atom is 0.314 e. The lowest BCUT2D eigenvalue weighted by molar-refractivity contribution is -0.312. The molecule has 0 aromatic carbocycles. The quantitative estimate of drug-likeness (QED) is 0.462. The Morgan fingerprint density at radius 2 is 1.62 bits per heavy atom. The number of carboxylic acid groups (broad SMARTS) is 1. The van der Waals surface area contributed by atoms with Crippen molar-refractivity contribution in [2.24, 2.45) is 11.8 Å². The first-order valence-electron chi connectivity index (χ1n) is 5.95. The maximum atomic E-state index is 11.5. The summed E-state index contributed by atoms with van der Waals surface area (Å²) in [6.07, 6.45) is 3.14. The Hall–Kier alpha value is -1.06. The highest BCUT2D eigenvalue weighted by atomic mass is 16.5. The number of rotatable bonds is 8. The van der Waals surface area contributed by atoms with Crippen molar-refractivity contribution in [2.75, 3.05) is 6.61 Å². The normalized spacial score (nSPS) is 12.5. The molecular formula is C12H21O4-. The van der Waals surface area contributed by atoms with Crippen LogP contribution >= 0.6 is 0 Å². The molecule has 0 aromatic heterocycles. The molecule has 0 unspecified atom stereocenters. The number of aliphatic carboxylic acids is 1. The van der Waals surface area contributed by atoms with E-state index < -0.39 is 17.9 Å². The zero-order valence-corrected chi connectivity index (χ0v) is 10.3. The van der Waals surface area contributed by atoms with Crippen LogP contribution < -0.4 is 5.11 Å². The lowest BCUT2D eigenvalue weighted by Gasteiger charge is -2.25. The van der Waals surface area contributed by atoms with Crippen molar-refractivity contribution in [2.45, 2.75) is 46.5 Å². The molecule has 4 heteroatoms. The average Bonchev–Trinajstić information content (AvgIpc) is 2.18. The monoisotopic (exact) mass is 229 g/mol. The first kappa shape index (κ1) is 14.9. The first-order valence-corrected chi connectivity index (χ1v) is 5.95. The zero-order chi connectivity index (χ0) is 12.6. The number of hydrogen-bond donors (Lipinski definition) is 0. The number of esters is 1. The number of carboxylic acids is 1. The van der Waals surface area contributed by atoms with Crippen LogP contribution in [0, 0.1) is 11.8 Å². The summed E-state index contributed by atoms with van der Waals surface area (Å²) >= 11 is 0. The van der Waals surface area contributed by atoms with Gasteiger partial charge in [0, 0.05) is 0 Å². The summed E-state index contributed by atoms with van der Waals surface area (Å²) < 4.78 is 4.78. The fraction of sp³-hybridized carbons (Fsp3) is 0.833. The number of carbonyl (C=O) groups excluding carboxylic acids is 2. The van der Waals surface area contributed by atoms with Crippen LogP contribution in [0.5, 0.6) is 0 Å². The van der Waals surface area contributed by atoms with Crippen molar-refractivity contribution in [3.05, 3.63) is 0 Å². The van der Waals surface area contributed by atoms with Crippen LogP contribution in [0.1, 0.15) is 46.5 Å². The Morgan fingerprint density at radius 1 is 1.12 bits per heavy atom. The van der Waals surface area contributed by atoms with E-state index in [0.29, 0.717) is 12.8 Å². The molecule has 0 radical (unpaired) electrons. The Bertz CT molecular complexity index is 219. The summed E-state index contributed by atoms with van der Waals surface area (Å²) in [6.45, 7) is 5.81. The molecule has 0 saturated heterocycles. The van der Waals surface area contributed by atoms with Crippen molar-refractivity contribution < 1.29 is 19.4 Å². The summed E-state index contributed by atoms with van der Waals surface area (Å²) in [6, 6.07) is 0. The van der Waals surface area contributed by atoms with Gasteiger partial charge >= 0.3 is 5.97 Å². The van der Waals surface area contributed by atoms with E-state index in [1.54, 1.807) is 6.92 Å². The Labute approximate surface area is 97.0 Å². The van der Waals surface area contributed by atoms with Gasteiger partial charge in [-0.25, -0.2) is 0 Å². The third kappa shape index (κ3) is 4.64. The highest BCUT2D eigenvalue weighted by Gasteiger charge is 2.29. The molecule has 16 heavy (non-hydrogen) atoms. The molecule has 0 spiro atoms. The van der Waals surface area contributed by atoms with E-state index in [4.69, 9.17) is 4.74 Å². The molecule has 1 atom stereocenters. The number of hydrogen-bond acceptors (Lipinski definition) is 4. The lowest BCUT2D eigenvalue weighted by Crippen LogP contribution is -2.42. The molecule has 0 fully saturated rings. The van der Waals surface area contributed by atoms with E-state index in [0.717, 1.165) is 12.8 Å². The van der Waals surface area contributed by atoms with Crippen LogP contribution in [0.4, 0.5) is 0 Å². The minimum Gasteiger partial charge on any atom is -0.549 e. The van der Waals surface area contributed by atoms with Crippen molar-refractivity contribution in [1.29, 1.82) is 0 Å². The maximum absolute atomic E-state index is 11.5. The highest BCUT2D eigenvalue weighted by molar-refractivity contribution is 5.93. The van der Waals surface area contributed by atoms with Gasteiger partial charge in [-0.1, -0.05) is 26.7 Å². The molecule has 0 amide bonds. The van der Waals surface area contributed by atoms with Gasteiger partial charge in [0.05, 0.1) is 18.5 Å². The van der Waals surface area contributed by atoms with E-state index in [-0.39, 0.29) is 12.5 Å². The molecule has 0 aliphatic heterocycles. The van der Waals surface area contributed by atoms with Gasteiger partial charge in [0.25, 0.3) is 0 Å². The molecule has 0 aliphatic carbocycles. The van der Waals surface area contributed by atoms with Gasteiger partial charge < -0.3 is 14.6 Å². The zero-order valence-electron chi connectivity index (χ0n) is 10.3. The lowest BCUT2D eigenvalue weighted by atomic mass is 9.85. The molecular weight excluding hydrogens is 208 g/mol. The molecule has 0 aliphatic rings. The van der Waals surface area contributed by atoms with Crippen molar-refractivity contribution in [3.8, 4) is 0 Å². The molecule has 4 nitrogen and oxygen atoms in total. The van der Waals surface area contributed by atoms with Gasteiger partial charge in [-0.15, -0.1) is 0 Å². The standard InChI is InChI=1S/C12H22O4/c1-4-7-9(8-5-2)10(11(13)14)12(15)16-6-3/h9-10H,4-8H2,1-3H3,(H,13,14)/p-1/t10-/m1/s1. The fourth-order valence-electron chi connectivity index (χ4n) is 1.93. The van der Waals surface area contributed by atoms with E-state index >= 15 is 0 Å². The second-order valence-corrected chi connectivity index (χ2v) is 3.89. The van der Waals surface area contributed by atoms with Crippen LogP contribution in [-0.2, 0) is 14.3 Å². The fourth-order valence-corrected chi connectivity index (χ4v) is 1.93. The van der Waals surface area contributed by atoms with Crippen LogP contribution in [0.25, 0.3) is 0 Å². The van der Waals surface area contributed by atoms with Gasteiger partial charge in [0.1, 0.15) is 0 Å². The smallest absolute Gasteiger partial charge is 0.314 e. The molecule has 0 N–H and O–H groups in total. The van der Waals surface area contributed by atoms with Gasteiger partial charge in [-0.05, 0) is 25.7 Å². The largest absolute Gasteiger partial charge is 0.549 e. The SMILES string of the molecule is CCCC(CCC)[C@H](C(=O)[O-])C(=O)OCC. The molecule has 0 saturated carbocycles. The number of carbonyl (C=O) groups is 2. The Morgan fingerprint density at radius 3 is 1.94 bits per heavy atom. The third-order valence-electron chi connectivity index (χ3n) is 2.58. The minimum absolute atomic E-state index is 0.168. The molecule has 0 aromatic rings. The topological polar surface area (TPSA) is 66.4 Å². The van der Waals surface area contributed by atoms with Crippen LogP contribution in [-0.4, -0.2) is 18.5 Å². The Kier molecular flexibility index (Phi) is 7.60. The summed E-state index contributed by atoms with van der Waals surface area (Å²) in [5.41, 5.74) is 0. The first-order chi connectivity index (χ1) is 7.58. The second kappa shape index (κ2) is 8.13. The predicted octanol–water partition coefficient (Wildman–Crippen LogP) is 1.13. The minimum atomic E-state index is -1.31. The molecule has 0 heterocycles. The van der Waals surface area contributed by atoms with Gasteiger partial charge in [0.2, 0.25) is 0 Å². The number of ether oxygens (including phenoxy) is 1. The Balaban J connectivity index is 4.68. The van der Waals surface area contributed by atoms with Crippen molar-refractivity contribution in [1.82, 2.24) is 0 Å². The van der Waals surface area contributed by atoms with E-state index in [1.807, 2.05) is 13.8 Å². The van der Waals surface area contributed by atoms with Crippen LogP contribution in [0.2, 0.25) is 0 Å². The van der Waals surface area contributed by atoms with E-state index in [2.05, 4.69) is 0 Å². The van der Waals surface area contributed by atoms with Crippen molar-refractivity contribution >= 4 is 11.9 Å². The second-order valence-electron chi connectivity index (χ2n) is 3.89. The summed E-state index contributed by atoms with van der Waals surface area (Å²) in [7, 11) is 0. The predicted molar refractivity (Wildman–Crippen MR) is 58.4 cm³/mol. The molecule has 0 bridgehead atoms. The van der Waals surface area contributed by atoms with Crippen LogP contribution in [0.15, 0.2) is 0 Å². The summed E-state index contributed by atoms with van der Waals surface area (Å²) in [4.78, 5) is 22.5. The highest BCUT2D eigenvalue weighted by Crippen LogP contribution is 2.24. The van der Waals surface area contributed by atoms with E-state index in [9.17, 15) is 14.7 Å². The summed E-state index contributed by atoms with van der Waals surface area (Å²) in [5.74, 6) is -3.25.